The molecule has 1 saturated carbocycles. The molecule has 2 amide bonds. The molecule has 214 valence electrons. The number of anilines is 3. The lowest BCUT2D eigenvalue weighted by Crippen LogP contribution is -2.64. The molecule has 2 aliphatic heterocycles. The molecular weight excluding hydrogens is 550 g/mol. The number of aryl methyl sites for hydroxylation is 1. The Bertz CT molecular complexity index is 1500. The number of benzene rings is 1. The van der Waals surface area contributed by atoms with E-state index in [0.717, 1.165) is 36.0 Å². The van der Waals surface area contributed by atoms with Crippen LogP contribution in [0, 0.1) is 12.8 Å². The highest BCUT2D eigenvalue weighted by Crippen LogP contribution is 2.49. The number of rotatable bonds is 6. The summed E-state index contributed by atoms with van der Waals surface area (Å²) in [6.07, 6.45) is 1.22. The van der Waals surface area contributed by atoms with Crippen LogP contribution in [-0.4, -0.2) is 47.5 Å². The van der Waals surface area contributed by atoms with Crippen LogP contribution >= 0.6 is 11.6 Å². The summed E-state index contributed by atoms with van der Waals surface area (Å²) in [5.74, 6) is 0.478. The average molecular weight is 581 g/mol. The first-order valence-electron chi connectivity index (χ1n) is 13.8. The lowest BCUT2D eigenvalue weighted by molar-refractivity contribution is -0.124. The highest BCUT2D eigenvalue weighted by atomic mass is 35.5. The molecule has 3 aromatic rings. The number of carbonyl (C=O) groups is 2. The molecule has 0 unspecified atom stereocenters. The fourth-order valence-electron chi connectivity index (χ4n) is 6.46. The lowest BCUT2D eigenvalue weighted by atomic mass is 9.74. The summed E-state index contributed by atoms with van der Waals surface area (Å²) in [5.41, 5.74) is 8.28. The predicted octanol–water partition coefficient (Wildman–Crippen LogP) is 5.05. The molecule has 1 spiro atoms. The van der Waals surface area contributed by atoms with E-state index in [1.54, 1.807) is 0 Å². The van der Waals surface area contributed by atoms with Gasteiger partial charge in [0.05, 0.1) is 16.3 Å². The first kappa shape index (κ1) is 27.4. The third-order valence-corrected chi connectivity index (χ3v) is 8.80. The molecule has 3 N–H and O–H groups in total. The smallest absolute Gasteiger partial charge is 0.281 e. The zero-order valence-corrected chi connectivity index (χ0v) is 23.4. The summed E-state index contributed by atoms with van der Waals surface area (Å²) in [7, 11) is 0. The number of nitrogens with zero attached hydrogens (tertiary/aromatic N) is 4. The largest absolute Gasteiger partial charge is 0.396 e. The van der Waals surface area contributed by atoms with Gasteiger partial charge in [-0.15, -0.1) is 0 Å². The molecule has 0 radical (unpaired) electrons. The third kappa shape index (κ3) is 4.88. The first-order valence-corrected chi connectivity index (χ1v) is 14.2. The van der Waals surface area contributed by atoms with Crippen LogP contribution in [0.2, 0.25) is 5.02 Å². The van der Waals surface area contributed by atoms with Crippen molar-refractivity contribution in [3.05, 3.63) is 76.2 Å². The summed E-state index contributed by atoms with van der Waals surface area (Å²) in [4.78, 5) is 39.0. The van der Waals surface area contributed by atoms with E-state index in [2.05, 4.69) is 20.2 Å². The second-order valence-electron chi connectivity index (χ2n) is 11.3. The highest BCUT2D eigenvalue weighted by molar-refractivity contribution is 6.30. The molecular formula is C30H31ClF2N6O2. The molecule has 11 heteroatoms. The van der Waals surface area contributed by atoms with E-state index in [1.807, 2.05) is 48.2 Å². The molecule has 3 aliphatic rings. The van der Waals surface area contributed by atoms with E-state index in [9.17, 15) is 18.4 Å². The number of fused-ring (bicyclic) bond motifs is 2. The Balaban J connectivity index is 1.10. The van der Waals surface area contributed by atoms with Gasteiger partial charge in [0.25, 0.3) is 12.3 Å². The van der Waals surface area contributed by atoms with Crippen LogP contribution in [0.15, 0.2) is 48.7 Å². The van der Waals surface area contributed by atoms with E-state index >= 15 is 0 Å². The molecule has 2 fully saturated rings. The highest BCUT2D eigenvalue weighted by Gasteiger charge is 2.58. The SMILES string of the molecule is Cc1ccc(N)c(N2CC3(C2)C(=O)N(C[C@H]2CC[C@H](NC(=O)c4cc(Cl)cnc4C(F)F)CC2)c2ccccc23)n1. The van der Waals surface area contributed by atoms with E-state index < -0.39 is 23.4 Å². The van der Waals surface area contributed by atoms with Gasteiger partial charge in [0.2, 0.25) is 5.91 Å². The van der Waals surface area contributed by atoms with Crippen molar-refractivity contribution < 1.29 is 18.4 Å². The van der Waals surface area contributed by atoms with Gasteiger partial charge in [-0.05, 0) is 68.4 Å². The summed E-state index contributed by atoms with van der Waals surface area (Å²) >= 11 is 5.91. The number of amides is 2. The molecule has 2 aromatic heterocycles. The van der Waals surface area contributed by atoms with Crippen molar-refractivity contribution in [3.63, 3.8) is 0 Å². The maximum Gasteiger partial charge on any atom is 0.281 e. The zero-order valence-electron chi connectivity index (χ0n) is 22.6. The molecule has 1 saturated heterocycles. The Hall–Kier alpha value is -3.79. The lowest BCUT2D eigenvalue weighted by Gasteiger charge is -2.48. The maximum atomic E-state index is 14.0. The van der Waals surface area contributed by atoms with Crippen LogP contribution in [0.4, 0.5) is 26.0 Å². The number of carbonyl (C=O) groups excluding carboxylic acids is 2. The van der Waals surface area contributed by atoms with Gasteiger partial charge in [0.1, 0.15) is 11.1 Å². The number of pyridine rings is 2. The van der Waals surface area contributed by atoms with Gasteiger partial charge in [-0.1, -0.05) is 29.8 Å². The molecule has 0 bridgehead atoms. The minimum Gasteiger partial charge on any atom is -0.396 e. The summed E-state index contributed by atoms with van der Waals surface area (Å²) < 4.78 is 26.8. The average Bonchev–Trinajstić information content (AvgIpc) is 3.18. The minimum atomic E-state index is -2.87. The Morgan fingerprint density at radius 1 is 1.17 bits per heavy atom. The van der Waals surface area contributed by atoms with E-state index in [4.69, 9.17) is 17.3 Å². The van der Waals surface area contributed by atoms with Crippen LogP contribution < -0.4 is 20.9 Å². The molecule has 1 aliphatic carbocycles. The number of halogens is 3. The monoisotopic (exact) mass is 580 g/mol. The molecule has 0 atom stereocenters. The molecule has 8 nitrogen and oxygen atoms in total. The van der Waals surface area contributed by atoms with Crippen LogP contribution in [0.1, 0.15) is 59.4 Å². The maximum absolute atomic E-state index is 14.0. The number of hydrogen-bond acceptors (Lipinski definition) is 6. The van der Waals surface area contributed by atoms with Gasteiger partial charge < -0.3 is 20.9 Å². The number of aromatic nitrogens is 2. The van der Waals surface area contributed by atoms with Crippen LogP contribution in [-0.2, 0) is 10.2 Å². The summed E-state index contributed by atoms with van der Waals surface area (Å²) in [6.45, 7) is 3.57. The molecule has 4 heterocycles. The van der Waals surface area contributed by atoms with Gasteiger partial charge >= 0.3 is 0 Å². The number of alkyl halides is 2. The van der Waals surface area contributed by atoms with Crippen molar-refractivity contribution in [2.24, 2.45) is 5.92 Å². The summed E-state index contributed by atoms with van der Waals surface area (Å²) in [5, 5.41) is 3.01. The van der Waals surface area contributed by atoms with Crippen molar-refractivity contribution >= 4 is 40.6 Å². The normalized spacial score (nSPS) is 21.2. The van der Waals surface area contributed by atoms with E-state index in [1.165, 1.54) is 6.07 Å². The van der Waals surface area contributed by atoms with Crippen molar-refractivity contribution in [2.45, 2.75) is 50.5 Å². The standard InChI is InChI=1S/C30H31ClF2N6O2/c1-17-6-11-23(34)27(36-17)38-15-30(16-38)22-4-2-3-5-24(22)39(29(30)41)14-18-7-9-20(10-8-18)37-28(40)21-12-19(31)13-35-25(21)26(32)33/h2-6,11-13,18,20,26H,7-10,14-16,34H2,1H3,(H,37,40)/t18-,20-. The van der Waals surface area contributed by atoms with Crippen molar-refractivity contribution in [3.8, 4) is 0 Å². The fraction of sp³-hybridized carbons (Fsp3) is 0.400. The molecule has 1 aromatic carbocycles. The molecule has 41 heavy (non-hydrogen) atoms. The van der Waals surface area contributed by atoms with E-state index in [0.29, 0.717) is 44.0 Å². The van der Waals surface area contributed by atoms with Gasteiger partial charge in [0.15, 0.2) is 5.82 Å². The summed E-state index contributed by atoms with van der Waals surface area (Å²) in [6, 6.07) is 12.8. The van der Waals surface area contributed by atoms with Crippen LogP contribution in [0.3, 0.4) is 0 Å². The van der Waals surface area contributed by atoms with Crippen molar-refractivity contribution in [2.75, 3.05) is 35.2 Å². The van der Waals surface area contributed by atoms with Crippen LogP contribution in [0.25, 0.3) is 0 Å². The quantitative estimate of drug-likeness (QED) is 0.423. The van der Waals surface area contributed by atoms with Crippen molar-refractivity contribution in [1.82, 2.24) is 15.3 Å². The van der Waals surface area contributed by atoms with Gasteiger partial charge in [-0.25, -0.2) is 13.8 Å². The first-order chi connectivity index (χ1) is 19.7. The number of nitrogen functional groups attached to an aromatic ring is 1. The van der Waals surface area contributed by atoms with Gasteiger partial charge in [0, 0.05) is 43.3 Å². The van der Waals surface area contributed by atoms with E-state index in [-0.39, 0.29) is 28.5 Å². The van der Waals surface area contributed by atoms with Crippen LogP contribution in [0.5, 0.6) is 0 Å². The molecule has 6 rings (SSSR count). The number of nitrogens with two attached hydrogens (primary N) is 1. The Morgan fingerprint density at radius 2 is 1.90 bits per heavy atom. The predicted molar refractivity (Wildman–Crippen MR) is 153 cm³/mol. The zero-order chi connectivity index (χ0) is 28.9. The van der Waals surface area contributed by atoms with Gasteiger partial charge in [-0.2, -0.15) is 0 Å². The topological polar surface area (TPSA) is 104 Å². The Kier molecular flexibility index (Phi) is 7.05. The fourth-order valence-corrected chi connectivity index (χ4v) is 6.62. The number of hydrogen-bond donors (Lipinski definition) is 2. The second kappa shape index (κ2) is 10.6. The Labute approximate surface area is 241 Å². The van der Waals surface area contributed by atoms with Crippen molar-refractivity contribution in [1.29, 1.82) is 0 Å². The van der Waals surface area contributed by atoms with Gasteiger partial charge in [-0.3, -0.25) is 14.6 Å². The second-order valence-corrected chi connectivity index (χ2v) is 11.8. The number of para-hydroxylation sites is 1. The third-order valence-electron chi connectivity index (χ3n) is 8.59. The minimum absolute atomic E-state index is 0.101. The number of nitrogens with one attached hydrogen (secondary N) is 1. The Morgan fingerprint density at radius 3 is 2.63 bits per heavy atom.